The first-order valence-corrected chi connectivity index (χ1v) is 7.92. The molecule has 0 saturated carbocycles. The summed E-state index contributed by atoms with van der Waals surface area (Å²) in [5.41, 5.74) is 1.42. The van der Waals surface area contributed by atoms with Gasteiger partial charge in [0.2, 0.25) is 5.91 Å². The third-order valence-electron chi connectivity index (χ3n) is 4.08. The van der Waals surface area contributed by atoms with Crippen molar-refractivity contribution >= 4 is 40.3 Å². The molecule has 24 heavy (non-hydrogen) atoms. The van der Waals surface area contributed by atoms with E-state index in [1.54, 1.807) is 31.3 Å². The van der Waals surface area contributed by atoms with E-state index in [-0.39, 0.29) is 12.5 Å². The summed E-state index contributed by atoms with van der Waals surface area (Å²) in [5.74, 6) is 0.0483. The second-order valence-corrected chi connectivity index (χ2v) is 6.00. The van der Waals surface area contributed by atoms with Crippen molar-refractivity contribution in [2.24, 2.45) is 0 Å². The van der Waals surface area contributed by atoms with Crippen molar-refractivity contribution in [1.82, 2.24) is 14.9 Å². The number of carbonyl (C=O) groups excluding carboxylic acids is 2. The number of piperazine rings is 1. The number of carbonyl (C=O) groups is 2. The standard InChI is InChI=1S/C16H17ClN4O3/c1-10-16(23)20(9-15(22)24-2)5-6-21(10)14-8-18-12-4-3-11(17)7-13(12)19-14/h3-4,7-8,10H,5-6,9H2,1-2H3. The normalized spacial score (nSPS) is 18.1. The lowest BCUT2D eigenvalue weighted by molar-refractivity contribution is -0.148. The van der Waals surface area contributed by atoms with Gasteiger partial charge in [0.25, 0.3) is 0 Å². The Hall–Kier alpha value is -2.41. The van der Waals surface area contributed by atoms with Gasteiger partial charge >= 0.3 is 5.97 Å². The Morgan fingerprint density at radius 1 is 1.38 bits per heavy atom. The molecule has 1 aromatic carbocycles. The molecule has 126 valence electrons. The lowest BCUT2D eigenvalue weighted by Gasteiger charge is -2.39. The van der Waals surface area contributed by atoms with Gasteiger partial charge in [0.15, 0.2) is 0 Å². The van der Waals surface area contributed by atoms with Gasteiger partial charge in [0.1, 0.15) is 18.4 Å². The molecule has 0 spiro atoms. The third-order valence-corrected chi connectivity index (χ3v) is 4.32. The van der Waals surface area contributed by atoms with E-state index in [0.717, 1.165) is 5.52 Å². The monoisotopic (exact) mass is 348 g/mol. The Morgan fingerprint density at radius 2 is 2.17 bits per heavy atom. The zero-order valence-corrected chi connectivity index (χ0v) is 14.2. The molecule has 1 fully saturated rings. The molecule has 1 unspecified atom stereocenters. The number of aromatic nitrogens is 2. The minimum absolute atomic E-state index is 0.0352. The summed E-state index contributed by atoms with van der Waals surface area (Å²) >= 11 is 6.00. The minimum Gasteiger partial charge on any atom is -0.468 e. The van der Waals surface area contributed by atoms with Crippen LogP contribution in [0.25, 0.3) is 11.0 Å². The zero-order valence-electron chi connectivity index (χ0n) is 13.4. The summed E-state index contributed by atoms with van der Waals surface area (Å²) in [6.45, 7) is 2.74. The summed E-state index contributed by atoms with van der Waals surface area (Å²) in [7, 11) is 1.31. The van der Waals surface area contributed by atoms with E-state index in [2.05, 4.69) is 14.7 Å². The first-order chi connectivity index (χ1) is 11.5. The SMILES string of the molecule is COC(=O)CN1CCN(c2cnc3ccc(Cl)cc3n2)C(C)C1=O. The summed E-state index contributed by atoms with van der Waals surface area (Å²) in [4.78, 5) is 36.2. The predicted molar refractivity (Wildman–Crippen MR) is 90.0 cm³/mol. The molecule has 8 heteroatoms. The van der Waals surface area contributed by atoms with Crippen LogP contribution in [0, 0.1) is 0 Å². The molecule has 2 heterocycles. The molecule has 3 rings (SSSR count). The van der Waals surface area contributed by atoms with Gasteiger partial charge in [-0.2, -0.15) is 0 Å². The fraction of sp³-hybridized carbons (Fsp3) is 0.375. The minimum atomic E-state index is -0.436. The molecule has 0 aliphatic carbocycles. The maximum atomic E-state index is 12.5. The van der Waals surface area contributed by atoms with Crippen molar-refractivity contribution in [2.45, 2.75) is 13.0 Å². The number of halogens is 1. The molecule has 1 aromatic heterocycles. The van der Waals surface area contributed by atoms with E-state index in [1.165, 1.54) is 12.0 Å². The van der Waals surface area contributed by atoms with E-state index in [0.29, 0.717) is 29.4 Å². The van der Waals surface area contributed by atoms with Crippen molar-refractivity contribution < 1.29 is 14.3 Å². The van der Waals surface area contributed by atoms with Crippen LogP contribution in [0.1, 0.15) is 6.92 Å². The quantitative estimate of drug-likeness (QED) is 0.782. The number of hydrogen-bond acceptors (Lipinski definition) is 6. The first kappa shape index (κ1) is 16.4. The largest absolute Gasteiger partial charge is 0.468 e. The number of methoxy groups -OCH3 is 1. The highest BCUT2D eigenvalue weighted by atomic mass is 35.5. The van der Waals surface area contributed by atoms with Gasteiger partial charge in [-0.1, -0.05) is 11.6 Å². The number of rotatable bonds is 3. The van der Waals surface area contributed by atoms with Crippen LogP contribution >= 0.6 is 11.6 Å². The molecule has 0 radical (unpaired) electrons. The van der Waals surface area contributed by atoms with Crippen LogP contribution in [-0.2, 0) is 14.3 Å². The predicted octanol–water partition coefficient (Wildman–Crippen LogP) is 1.49. The van der Waals surface area contributed by atoms with Crippen LogP contribution in [0.15, 0.2) is 24.4 Å². The van der Waals surface area contributed by atoms with E-state index in [1.807, 2.05) is 4.90 Å². The summed E-state index contributed by atoms with van der Waals surface area (Å²) in [5, 5.41) is 0.584. The van der Waals surface area contributed by atoms with Gasteiger partial charge in [-0.3, -0.25) is 14.6 Å². The molecule has 0 bridgehead atoms. The van der Waals surface area contributed by atoms with Crippen LogP contribution in [0.5, 0.6) is 0 Å². The lowest BCUT2D eigenvalue weighted by Crippen LogP contribution is -2.57. The molecule has 0 N–H and O–H groups in total. The number of fused-ring (bicyclic) bond motifs is 1. The first-order valence-electron chi connectivity index (χ1n) is 7.54. The molecular formula is C16H17ClN4O3. The van der Waals surface area contributed by atoms with Crippen molar-refractivity contribution in [3.8, 4) is 0 Å². The summed E-state index contributed by atoms with van der Waals surface area (Å²) in [6, 6.07) is 4.87. The van der Waals surface area contributed by atoms with Crippen LogP contribution in [0.4, 0.5) is 5.82 Å². The molecule has 1 aliphatic heterocycles. The number of anilines is 1. The van der Waals surface area contributed by atoms with Gasteiger partial charge in [-0.25, -0.2) is 4.98 Å². The molecule has 7 nitrogen and oxygen atoms in total. The summed E-state index contributed by atoms with van der Waals surface area (Å²) in [6.07, 6.45) is 1.65. The smallest absolute Gasteiger partial charge is 0.325 e. The second-order valence-electron chi connectivity index (χ2n) is 5.57. The highest BCUT2D eigenvalue weighted by molar-refractivity contribution is 6.31. The molecule has 1 atom stereocenters. The number of nitrogens with zero attached hydrogens (tertiary/aromatic N) is 4. The van der Waals surface area contributed by atoms with Crippen molar-refractivity contribution in [2.75, 3.05) is 31.6 Å². The van der Waals surface area contributed by atoms with E-state index in [4.69, 9.17) is 11.6 Å². The third kappa shape index (κ3) is 3.12. The Bertz CT molecular complexity index is 798. The van der Waals surface area contributed by atoms with Crippen LogP contribution in [0.3, 0.4) is 0 Å². The Kier molecular flexibility index (Phi) is 4.53. The average Bonchev–Trinajstić information content (AvgIpc) is 2.58. The fourth-order valence-corrected chi connectivity index (χ4v) is 2.90. The maximum absolute atomic E-state index is 12.5. The van der Waals surface area contributed by atoms with Crippen LogP contribution in [0.2, 0.25) is 5.02 Å². The van der Waals surface area contributed by atoms with Crippen LogP contribution < -0.4 is 4.90 Å². The van der Waals surface area contributed by atoms with Gasteiger partial charge in [0.05, 0.1) is 24.3 Å². The van der Waals surface area contributed by atoms with Crippen molar-refractivity contribution in [3.63, 3.8) is 0 Å². The van der Waals surface area contributed by atoms with E-state index < -0.39 is 12.0 Å². The molecule has 1 saturated heterocycles. The summed E-state index contributed by atoms with van der Waals surface area (Å²) < 4.78 is 4.63. The lowest BCUT2D eigenvalue weighted by atomic mass is 10.1. The number of amides is 1. The average molecular weight is 349 g/mol. The Balaban J connectivity index is 1.83. The molecule has 2 aromatic rings. The molecule has 1 aliphatic rings. The Labute approximate surface area is 144 Å². The second kappa shape index (κ2) is 6.60. The van der Waals surface area contributed by atoms with Gasteiger partial charge in [0, 0.05) is 18.1 Å². The molecular weight excluding hydrogens is 332 g/mol. The topological polar surface area (TPSA) is 75.6 Å². The Morgan fingerprint density at radius 3 is 2.92 bits per heavy atom. The highest BCUT2D eigenvalue weighted by Crippen LogP contribution is 2.22. The van der Waals surface area contributed by atoms with Gasteiger partial charge < -0.3 is 14.5 Å². The number of hydrogen-bond donors (Lipinski definition) is 0. The highest BCUT2D eigenvalue weighted by Gasteiger charge is 2.33. The number of benzene rings is 1. The van der Waals surface area contributed by atoms with Crippen molar-refractivity contribution in [1.29, 1.82) is 0 Å². The van der Waals surface area contributed by atoms with Gasteiger partial charge in [-0.15, -0.1) is 0 Å². The molecule has 1 amide bonds. The number of ether oxygens (including phenoxy) is 1. The zero-order chi connectivity index (χ0) is 17.3. The van der Waals surface area contributed by atoms with E-state index >= 15 is 0 Å². The van der Waals surface area contributed by atoms with E-state index in [9.17, 15) is 9.59 Å². The van der Waals surface area contributed by atoms with Gasteiger partial charge in [-0.05, 0) is 25.1 Å². The fourth-order valence-electron chi connectivity index (χ4n) is 2.73. The maximum Gasteiger partial charge on any atom is 0.325 e. The number of esters is 1. The van der Waals surface area contributed by atoms with Crippen LogP contribution in [-0.4, -0.2) is 59.5 Å². The van der Waals surface area contributed by atoms with Crippen molar-refractivity contribution in [3.05, 3.63) is 29.4 Å².